The van der Waals surface area contributed by atoms with Gasteiger partial charge in [0.1, 0.15) is 0 Å². The lowest BCUT2D eigenvalue weighted by atomic mass is 10.0. The number of anilines is 3. The fourth-order valence-corrected chi connectivity index (χ4v) is 3.39. The number of piperidine rings is 2. The molecule has 134 valence electrons. The van der Waals surface area contributed by atoms with Gasteiger partial charge < -0.3 is 32.7 Å². The molecular formula is C13H27N11. The standard InChI is InChI=1S/C13H27N11/c14-7-1-8(15)4-23(3-7)12-19-11(22-18)20-13(21-12)24-5-9(16)2-10(17)6-24/h7-10H,1-6,14-18H2,(H,19,20,21,22)/t7-,8+,9-,10+. The molecule has 2 aliphatic heterocycles. The van der Waals surface area contributed by atoms with E-state index in [-0.39, 0.29) is 30.1 Å². The molecule has 24 heavy (non-hydrogen) atoms. The van der Waals surface area contributed by atoms with E-state index in [1.807, 2.05) is 9.80 Å². The Hall–Kier alpha value is -1.79. The SMILES string of the molecule is NNc1nc(N2C[C@H](N)C[C@H](N)C2)nc(N2C[C@H](N)C[C@H](N)C2)n1. The van der Waals surface area contributed by atoms with Crippen molar-refractivity contribution < 1.29 is 0 Å². The Balaban J connectivity index is 1.88. The molecule has 1 aromatic rings. The first-order chi connectivity index (χ1) is 11.4. The van der Waals surface area contributed by atoms with E-state index in [0.29, 0.717) is 38.1 Å². The van der Waals surface area contributed by atoms with Crippen LogP contribution in [0.3, 0.4) is 0 Å². The van der Waals surface area contributed by atoms with Crippen molar-refractivity contribution in [3.05, 3.63) is 0 Å². The number of nitrogens with zero attached hydrogens (tertiary/aromatic N) is 5. The Morgan fingerprint density at radius 3 is 1.42 bits per heavy atom. The molecule has 11 nitrogen and oxygen atoms in total. The Kier molecular flexibility index (Phi) is 4.96. The number of hydrazine groups is 1. The van der Waals surface area contributed by atoms with Crippen molar-refractivity contribution in [1.82, 2.24) is 15.0 Å². The van der Waals surface area contributed by atoms with E-state index in [0.717, 1.165) is 12.8 Å². The zero-order chi connectivity index (χ0) is 17.3. The van der Waals surface area contributed by atoms with Crippen molar-refractivity contribution in [3.8, 4) is 0 Å². The Morgan fingerprint density at radius 1 is 0.708 bits per heavy atom. The van der Waals surface area contributed by atoms with E-state index in [9.17, 15) is 0 Å². The van der Waals surface area contributed by atoms with Crippen LogP contribution in [0.15, 0.2) is 0 Å². The molecule has 0 aromatic carbocycles. The summed E-state index contributed by atoms with van der Waals surface area (Å²) in [5.74, 6) is 6.82. The molecule has 2 fully saturated rings. The molecule has 3 heterocycles. The lowest BCUT2D eigenvalue weighted by Crippen LogP contribution is -2.54. The van der Waals surface area contributed by atoms with Gasteiger partial charge in [-0.05, 0) is 12.8 Å². The second kappa shape index (κ2) is 6.99. The predicted octanol–water partition coefficient (Wildman–Crippen LogP) is -3.11. The van der Waals surface area contributed by atoms with E-state index in [2.05, 4.69) is 20.4 Å². The Labute approximate surface area is 140 Å². The van der Waals surface area contributed by atoms with Crippen LogP contribution in [-0.4, -0.2) is 65.3 Å². The monoisotopic (exact) mass is 337 g/mol. The summed E-state index contributed by atoms with van der Waals surface area (Å²) < 4.78 is 0. The first-order valence-corrected chi connectivity index (χ1v) is 8.19. The third-order valence-corrected chi connectivity index (χ3v) is 4.34. The van der Waals surface area contributed by atoms with Crippen molar-refractivity contribution in [1.29, 1.82) is 0 Å². The van der Waals surface area contributed by atoms with Crippen molar-refractivity contribution in [2.45, 2.75) is 37.0 Å². The van der Waals surface area contributed by atoms with Gasteiger partial charge in [0.05, 0.1) is 0 Å². The third-order valence-electron chi connectivity index (χ3n) is 4.34. The third kappa shape index (κ3) is 3.82. The summed E-state index contributed by atoms with van der Waals surface area (Å²) in [6.45, 7) is 2.56. The highest BCUT2D eigenvalue weighted by atomic mass is 15.4. The summed E-state index contributed by atoms with van der Waals surface area (Å²) in [4.78, 5) is 17.2. The quantitative estimate of drug-likeness (QED) is 0.242. The van der Waals surface area contributed by atoms with Gasteiger partial charge in [-0.3, -0.25) is 5.43 Å². The molecule has 0 aliphatic carbocycles. The maximum atomic E-state index is 6.06. The minimum Gasteiger partial charge on any atom is -0.338 e. The molecule has 1 aromatic heterocycles. The van der Waals surface area contributed by atoms with E-state index in [4.69, 9.17) is 28.8 Å². The molecule has 4 atom stereocenters. The second-order valence-corrected chi connectivity index (χ2v) is 6.73. The Morgan fingerprint density at radius 2 is 1.08 bits per heavy atom. The van der Waals surface area contributed by atoms with Crippen molar-refractivity contribution in [2.75, 3.05) is 41.4 Å². The molecule has 0 bridgehead atoms. The van der Waals surface area contributed by atoms with Crippen LogP contribution < -0.4 is 44.0 Å². The summed E-state index contributed by atoms with van der Waals surface area (Å²) in [5.41, 5.74) is 26.7. The van der Waals surface area contributed by atoms with E-state index >= 15 is 0 Å². The molecule has 11 N–H and O–H groups in total. The van der Waals surface area contributed by atoms with Crippen LogP contribution >= 0.6 is 0 Å². The highest BCUT2D eigenvalue weighted by Gasteiger charge is 2.28. The Bertz CT molecular complexity index is 503. The molecule has 2 aliphatic rings. The number of nitrogen functional groups attached to an aromatic ring is 1. The maximum absolute atomic E-state index is 6.06. The van der Waals surface area contributed by atoms with Crippen LogP contribution in [0.2, 0.25) is 0 Å². The van der Waals surface area contributed by atoms with Crippen LogP contribution in [-0.2, 0) is 0 Å². The van der Waals surface area contributed by atoms with Gasteiger partial charge in [0.25, 0.3) is 0 Å². The topological polar surface area (TPSA) is 187 Å². The fourth-order valence-electron chi connectivity index (χ4n) is 3.39. The van der Waals surface area contributed by atoms with Crippen molar-refractivity contribution in [3.63, 3.8) is 0 Å². The normalized spacial score (nSPS) is 31.2. The molecule has 0 amide bonds. The molecule has 11 heteroatoms. The smallest absolute Gasteiger partial charge is 0.243 e. The number of hydrogen-bond acceptors (Lipinski definition) is 11. The highest BCUT2D eigenvalue weighted by Crippen LogP contribution is 2.21. The lowest BCUT2D eigenvalue weighted by molar-refractivity contribution is 0.441. The number of nitrogens with two attached hydrogens (primary N) is 5. The first-order valence-electron chi connectivity index (χ1n) is 8.19. The van der Waals surface area contributed by atoms with Crippen LogP contribution in [0.5, 0.6) is 0 Å². The summed E-state index contributed by atoms with van der Waals surface area (Å²) in [6, 6.07) is -0.0553. The van der Waals surface area contributed by atoms with Gasteiger partial charge in [0.2, 0.25) is 17.8 Å². The molecule has 2 saturated heterocycles. The molecule has 0 saturated carbocycles. The van der Waals surface area contributed by atoms with Gasteiger partial charge in [0.15, 0.2) is 0 Å². The number of rotatable bonds is 3. The van der Waals surface area contributed by atoms with E-state index < -0.39 is 0 Å². The highest BCUT2D eigenvalue weighted by molar-refractivity contribution is 5.46. The number of hydrogen-bond donors (Lipinski definition) is 6. The molecule has 0 spiro atoms. The summed E-state index contributed by atoms with van der Waals surface area (Å²) in [7, 11) is 0. The zero-order valence-electron chi connectivity index (χ0n) is 13.7. The lowest BCUT2D eigenvalue weighted by Gasteiger charge is -2.36. The van der Waals surface area contributed by atoms with Gasteiger partial charge in [-0.2, -0.15) is 15.0 Å². The van der Waals surface area contributed by atoms with Gasteiger partial charge in [-0.15, -0.1) is 0 Å². The van der Waals surface area contributed by atoms with Crippen LogP contribution in [0, 0.1) is 0 Å². The molecular weight excluding hydrogens is 310 g/mol. The predicted molar refractivity (Wildman–Crippen MR) is 93.2 cm³/mol. The fraction of sp³-hybridized carbons (Fsp3) is 0.769. The maximum Gasteiger partial charge on any atom is 0.243 e. The van der Waals surface area contributed by atoms with Crippen LogP contribution in [0.25, 0.3) is 0 Å². The van der Waals surface area contributed by atoms with Crippen LogP contribution in [0.4, 0.5) is 17.8 Å². The van der Waals surface area contributed by atoms with Gasteiger partial charge in [-0.1, -0.05) is 0 Å². The summed E-state index contributed by atoms with van der Waals surface area (Å²) >= 11 is 0. The summed E-state index contributed by atoms with van der Waals surface area (Å²) in [5, 5.41) is 0. The molecule has 3 rings (SSSR count). The average molecular weight is 337 g/mol. The van der Waals surface area contributed by atoms with Crippen molar-refractivity contribution in [2.24, 2.45) is 28.8 Å². The molecule has 0 unspecified atom stereocenters. The van der Waals surface area contributed by atoms with Crippen LogP contribution in [0.1, 0.15) is 12.8 Å². The summed E-state index contributed by atoms with van der Waals surface area (Å²) in [6.07, 6.45) is 1.57. The van der Waals surface area contributed by atoms with Gasteiger partial charge in [-0.25, -0.2) is 5.84 Å². The van der Waals surface area contributed by atoms with E-state index in [1.54, 1.807) is 0 Å². The van der Waals surface area contributed by atoms with E-state index in [1.165, 1.54) is 0 Å². The minimum absolute atomic E-state index is 0.0138. The largest absolute Gasteiger partial charge is 0.338 e. The zero-order valence-corrected chi connectivity index (χ0v) is 13.7. The number of nitrogens with one attached hydrogen (secondary N) is 1. The number of aromatic nitrogens is 3. The molecule has 0 radical (unpaired) electrons. The van der Waals surface area contributed by atoms with Crippen molar-refractivity contribution >= 4 is 17.8 Å². The minimum atomic E-state index is -0.0138. The van der Waals surface area contributed by atoms with Gasteiger partial charge in [0, 0.05) is 50.3 Å². The average Bonchev–Trinajstić information content (AvgIpc) is 2.52. The second-order valence-electron chi connectivity index (χ2n) is 6.73. The van der Waals surface area contributed by atoms with Gasteiger partial charge >= 0.3 is 0 Å². The first kappa shape index (κ1) is 17.0.